The molecular weight excluding hydrogens is 294 g/mol. The van der Waals surface area contributed by atoms with E-state index in [9.17, 15) is 4.79 Å². The number of carbonyl (C=O) groups is 1. The molecule has 1 aromatic carbocycles. The molecule has 0 atom stereocenters. The summed E-state index contributed by atoms with van der Waals surface area (Å²) in [5.74, 6) is 4.36. The predicted octanol–water partition coefficient (Wildman–Crippen LogP) is 1.02. The number of likely N-dealkylation sites (N-methyl/N-ethyl adjacent to an activating group) is 1. The summed E-state index contributed by atoms with van der Waals surface area (Å²) in [4.78, 5) is 19.3. The van der Waals surface area contributed by atoms with Crippen LogP contribution in [0.5, 0.6) is 0 Å². The molecule has 1 aliphatic rings. The monoisotopic (exact) mass is 311 g/mol. The van der Waals surface area contributed by atoms with E-state index < -0.39 is 5.97 Å². The Labute approximate surface area is 127 Å². The van der Waals surface area contributed by atoms with Crippen molar-refractivity contribution >= 4 is 28.6 Å². The first-order valence-electron chi connectivity index (χ1n) is 6.52. The molecule has 0 radical (unpaired) electrons. The number of H-pyrrole nitrogens is 1. The molecule has 21 heavy (non-hydrogen) atoms. The first-order chi connectivity index (χ1) is 9.95. The summed E-state index contributed by atoms with van der Waals surface area (Å²) in [6, 6.07) is 4.98. The third-order valence-electron chi connectivity index (χ3n) is 3.19. The SMILES string of the molecule is CN1CCN(N)CC1.O=C(O)c1nc2cc(Cl)ccc2[nH]1. The summed E-state index contributed by atoms with van der Waals surface area (Å²) in [5, 5.41) is 11.0. The molecule has 2 heterocycles. The van der Waals surface area contributed by atoms with E-state index in [4.69, 9.17) is 22.6 Å². The molecule has 0 bridgehead atoms. The number of nitrogens with two attached hydrogens (primary N) is 1. The zero-order valence-corrected chi connectivity index (χ0v) is 12.5. The molecule has 4 N–H and O–H groups in total. The fraction of sp³-hybridized carbons (Fsp3) is 0.385. The molecule has 1 fully saturated rings. The van der Waals surface area contributed by atoms with E-state index in [0.29, 0.717) is 16.1 Å². The van der Waals surface area contributed by atoms with Crippen LogP contribution in [0.4, 0.5) is 0 Å². The zero-order valence-electron chi connectivity index (χ0n) is 11.7. The number of carboxylic acid groups (broad SMARTS) is 1. The standard InChI is InChI=1S/C8H5ClN2O2.C5H13N3/c9-4-1-2-5-6(3-4)11-7(10-5)8(12)13;1-7-2-4-8(6)5-3-7/h1-3H,(H,10,11)(H,12,13);2-6H2,1H3. The Hall–Kier alpha value is -1.67. The van der Waals surface area contributed by atoms with Crippen LogP contribution in [0, 0.1) is 0 Å². The van der Waals surface area contributed by atoms with Gasteiger partial charge in [0.05, 0.1) is 11.0 Å². The number of hydrogen-bond donors (Lipinski definition) is 3. The maximum atomic E-state index is 10.5. The van der Waals surface area contributed by atoms with Crippen LogP contribution in [-0.4, -0.2) is 64.2 Å². The zero-order chi connectivity index (χ0) is 15.4. The van der Waals surface area contributed by atoms with Gasteiger partial charge in [-0.2, -0.15) is 0 Å². The Balaban J connectivity index is 0.000000173. The van der Waals surface area contributed by atoms with Crippen molar-refractivity contribution in [2.45, 2.75) is 0 Å². The van der Waals surface area contributed by atoms with E-state index >= 15 is 0 Å². The molecule has 0 amide bonds. The Kier molecular flexibility index (Phi) is 5.13. The number of rotatable bonds is 1. The van der Waals surface area contributed by atoms with Gasteiger partial charge in [0, 0.05) is 31.2 Å². The van der Waals surface area contributed by atoms with Crippen LogP contribution in [0.1, 0.15) is 10.6 Å². The number of hydrazine groups is 1. The highest BCUT2D eigenvalue weighted by Gasteiger charge is 2.09. The average Bonchev–Trinajstić information content (AvgIpc) is 2.86. The topological polar surface area (TPSA) is 98.5 Å². The number of halogens is 1. The molecule has 0 spiro atoms. The molecule has 1 aliphatic heterocycles. The van der Waals surface area contributed by atoms with Crippen LogP contribution in [-0.2, 0) is 0 Å². The minimum Gasteiger partial charge on any atom is -0.475 e. The number of aromatic nitrogens is 2. The Morgan fingerprint density at radius 3 is 2.62 bits per heavy atom. The number of carboxylic acids is 1. The number of imidazole rings is 1. The second kappa shape index (κ2) is 6.86. The van der Waals surface area contributed by atoms with Crippen LogP contribution in [0.2, 0.25) is 5.02 Å². The second-order valence-electron chi connectivity index (χ2n) is 4.89. The molecule has 114 valence electrons. The number of fused-ring (bicyclic) bond motifs is 1. The largest absolute Gasteiger partial charge is 0.475 e. The molecule has 0 saturated carbocycles. The quantitative estimate of drug-likeness (QED) is 0.680. The normalized spacial score (nSPS) is 16.5. The number of nitrogens with zero attached hydrogens (tertiary/aromatic N) is 3. The molecule has 1 aromatic heterocycles. The number of piperazine rings is 1. The first-order valence-corrected chi connectivity index (χ1v) is 6.90. The van der Waals surface area contributed by atoms with Crippen molar-refractivity contribution in [3.8, 4) is 0 Å². The van der Waals surface area contributed by atoms with E-state index in [2.05, 4.69) is 21.9 Å². The van der Waals surface area contributed by atoms with Crippen molar-refractivity contribution in [2.24, 2.45) is 5.84 Å². The van der Waals surface area contributed by atoms with Crippen molar-refractivity contribution in [1.29, 1.82) is 0 Å². The van der Waals surface area contributed by atoms with Gasteiger partial charge in [0.2, 0.25) is 5.82 Å². The number of aromatic amines is 1. The van der Waals surface area contributed by atoms with Crippen LogP contribution >= 0.6 is 11.6 Å². The fourth-order valence-corrected chi connectivity index (χ4v) is 2.07. The lowest BCUT2D eigenvalue weighted by Gasteiger charge is -2.28. The van der Waals surface area contributed by atoms with Gasteiger partial charge in [0.15, 0.2) is 0 Å². The van der Waals surface area contributed by atoms with Gasteiger partial charge in [-0.1, -0.05) is 11.6 Å². The minimum atomic E-state index is -1.08. The summed E-state index contributed by atoms with van der Waals surface area (Å²) < 4.78 is 0. The highest BCUT2D eigenvalue weighted by molar-refractivity contribution is 6.31. The molecular formula is C13H18ClN5O2. The summed E-state index contributed by atoms with van der Waals surface area (Å²) >= 11 is 5.71. The predicted molar refractivity (Wildman–Crippen MR) is 81.3 cm³/mol. The van der Waals surface area contributed by atoms with E-state index in [1.54, 1.807) is 18.2 Å². The van der Waals surface area contributed by atoms with Crippen LogP contribution in [0.15, 0.2) is 18.2 Å². The van der Waals surface area contributed by atoms with E-state index in [1.807, 2.05) is 5.01 Å². The molecule has 2 aromatic rings. The molecule has 1 saturated heterocycles. The number of benzene rings is 1. The number of aromatic carboxylic acids is 1. The van der Waals surface area contributed by atoms with Crippen molar-refractivity contribution in [3.63, 3.8) is 0 Å². The van der Waals surface area contributed by atoms with E-state index in [-0.39, 0.29) is 5.82 Å². The van der Waals surface area contributed by atoms with Crippen LogP contribution < -0.4 is 5.84 Å². The van der Waals surface area contributed by atoms with Gasteiger partial charge in [-0.3, -0.25) is 5.84 Å². The molecule has 0 unspecified atom stereocenters. The number of hydrogen-bond acceptors (Lipinski definition) is 5. The van der Waals surface area contributed by atoms with Crippen molar-refractivity contribution in [3.05, 3.63) is 29.0 Å². The van der Waals surface area contributed by atoms with Gasteiger partial charge in [-0.05, 0) is 25.2 Å². The van der Waals surface area contributed by atoms with Crippen molar-refractivity contribution < 1.29 is 9.90 Å². The molecule has 7 nitrogen and oxygen atoms in total. The third kappa shape index (κ3) is 4.40. The van der Waals surface area contributed by atoms with Crippen molar-refractivity contribution in [1.82, 2.24) is 19.9 Å². The minimum absolute atomic E-state index is 0.0720. The third-order valence-corrected chi connectivity index (χ3v) is 3.42. The lowest BCUT2D eigenvalue weighted by atomic mass is 10.3. The summed E-state index contributed by atoms with van der Waals surface area (Å²) in [5.41, 5.74) is 1.23. The lowest BCUT2D eigenvalue weighted by molar-refractivity contribution is 0.0685. The van der Waals surface area contributed by atoms with Crippen LogP contribution in [0.25, 0.3) is 11.0 Å². The summed E-state index contributed by atoms with van der Waals surface area (Å²) in [6.45, 7) is 4.24. The van der Waals surface area contributed by atoms with E-state index in [0.717, 1.165) is 26.2 Å². The van der Waals surface area contributed by atoms with Gasteiger partial charge >= 0.3 is 5.97 Å². The summed E-state index contributed by atoms with van der Waals surface area (Å²) in [7, 11) is 2.12. The maximum absolute atomic E-state index is 10.5. The van der Waals surface area contributed by atoms with Gasteiger partial charge in [0.1, 0.15) is 0 Å². The van der Waals surface area contributed by atoms with Gasteiger partial charge in [0.25, 0.3) is 0 Å². The Bertz CT molecular complexity index is 612. The molecule has 8 heteroatoms. The fourth-order valence-electron chi connectivity index (χ4n) is 1.90. The second-order valence-corrected chi connectivity index (χ2v) is 5.33. The van der Waals surface area contributed by atoms with Gasteiger partial charge in [-0.25, -0.2) is 14.8 Å². The van der Waals surface area contributed by atoms with E-state index in [1.165, 1.54) is 0 Å². The molecule has 3 rings (SSSR count). The van der Waals surface area contributed by atoms with Crippen molar-refractivity contribution in [2.75, 3.05) is 33.2 Å². The first kappa shape index (κ1) is 15.7. The summed E-state index contributed by atoms with van der Waals surface area (Å²) in [6.07, 6.45) is 0. The highest BCUT2D eigenvalue weighted by Crippen LogP contribution is 2.16. The average molecular weight is 312 g/mol. The molecule has 0 aliphatic carbocycles. The van der Waals surface area contributed by atoms with Gasteiger partial charge in [-0.15, -0.1) is 0 Å². The maximum Gasteiger partial charge on any atom is 0.371 e. The highest BCUT2D eigenvalue weighted by atomic mass is 35.5. The Morgan fingerprint density at radius 1 is 1.38 bits per heavy atom. The Morgan fingerprint density at radius 2 is 2.05 bits per heavy atom. The van der Waals surface area contributed by atoms with Crippen LogP contribution in [0.3, 0.4) is 0 Å². The van der Waals surface area contributed by atoms with Gasteiger partial charge < -0.3 is 15.0 Å². The lowest BCUT2D eigenvalue weighted by Crippen LogP contribution is -2.47. The smallest absolute Gasteiger partial charge is 0.371 e. The number of nitrogens with one attached hydrogen (secondary N) is 1.